The van der Waals surface area contributed by atoms with E-state index in [1.807, 2.05) is 11.0 Å². The normalized spacial score (nSPS) is 15.3. The molecule has 1 aliphatic rings. The summed E-state index contributed by atoms with van der Waals surface area (Å²) in [5.41, 5.74) is 0.404. The van der Waals surface area contributed by atoms with Gasteiger partial charge in [0.15, 0.2) is 0 Å². The van der Waals surface area contributed by atoms with E-state index >= 15 is 0 Å². The molecule has 1 saturated heterocycles. The van der Waals surface area contributed by atoms with E-state index in [-0.39, 0.29) is 18.6 Å². The maximum Gasteiger partial charge on any atom is 0.404 e. The van der Waals surface area contributed by atoms with Crippen LogP contribution in [0.25, 0.3) is 0 Å². The Labute approximate surface area is 157 Å². The van der Waals surface area contributed by atoms with E-state index in [2.05, 4.69) is 15.3 Å². The first-order valence-corrected chi connectivity index (χ1v) is 8.47. The van der Waals surface area contributed by atoms with Crippen LogP contribution in [0.15, 0.2) is 12.4 Å². The number of hydrogen-bond acceptors (Lipinski definition) is 8. The van der Waals surface area contributed by atoms with Crippen molar-refractivity contribution in [1.29, 1.82) is 5.26 Å². The van der Waals surface area contributed by atoms with Crippen LogP contribution in [-0.2, 0) is 9.63 Å². The van der Waals surface area contributed by atoms with E-state index in [1.54, 1.807) is 18.9 Å². The second kappa shape index (κ2) is 9.65. The van der Waals surface area contributed by atoms with Crippen molar-refractivity contribution in [3.05, 3.63) is 18.0 Å². The highest BCUT2D eigenvalue weighted by molar-refractivity contribution is 5.77. The molecule has 11 heteroatoms. The van der Waals surface area contributed by atoms with Gasteiger partial charge in [0.25, 0.3) is 5.91 Å². The van der Waals surface area contributed by atoms with Gasteiger partial charge in [0.2, 0.25) is 5.95 Å². The number of rotatable bonds is 7. The Kier molecular flexibility index (Phi) is 7.27. The minimum absolute atomic E-state index is 0.107. The van der Waals surface area contributed by atoms with E-state index in [4.69, 9.17) is 15.2 Å². The number of hydroxylamine groups is 2. The number of nitrogens with zero attached hydrogens (tertiary/aromatic N) is 6. The molecular formula is C16H23N7O4. The summed E-state index contributed by atoms with van der Waals surface area (Å²) in [5.74, 6) is 0.401. The summed E-state index contributed by atoms with van der Waals surface area (Å²) in [6.45, 7) is 4.14. The molecule has 11 nitrogen and oxygen atoms in total. The third kappa shape index (κ3) is 6.36. The molecule has 1 aliphatic heterocycles. The first kappa shape index (κ1) is 20.3. The number of hydrogen-bond donors (Lipinski definition) is 2. The molecule has 0 unspecified atom stereocenters. The lowest BCUT2D eigenvalue weighted by Crippen LogP contribution is -2.50. The van der Waals surface area contributed by atoms with Crippen molar-refractivity contribution in [3.8, 4) is 6.07 Å². The topological polar surface area (TPSA) is 135 Å². The second-order valence-electron chi connectivity index (χ2n) is 6.19. The molecular weight excluding hydrogens is 354 g/mol. The lowest BCUT2D eigenvalue weighted by atomic mass is 10.3. The number of carbonyl (C=O) groups is 2. The molecule has 2 amide bonds. The molecule has 1 atom stereocenters. The molecule has 0 spiro atoms. The minimum Gasteiger partial charge on any atom is -0.465 e. The van der Waals surface area contributed by atoms with Crippen molar-refractivity contribution in [3.63, 3.8) is 0 Å². The zero-order valence-corrected chi connectivity index (χ0v) is 15.3. The van der Waals surface area contributed by atoms with Crippen LogP contribution in [0.3, 0.4) is 0 Å². The van der Waals surface area contributed by atoms with Crippen LogP contribution >= 0.6 is 0 Å². The summed E-state index contributed by atoms with van der Waals surface area (Å²) in [6.07, 6.45) is 1.85. The number of anilines is 1. The van der Waals surface area contributed by atoms with Crippen LogP contribution < -0.4 is 10.2 Å². The van der Waals surface area contributed by atoms with Crippen LogP contribution in [0.5, 0.6) is 0 Å². The molecule has 0 aliphatic carbocycles. The molecule has 0 aromatic carbocycles. The van der Waals surface area contributed by atoms with Crippen LogP contribution in [0.4, 0.5) is 10.7 Å². The zero-order chi connectivity index (χ0) is 19.8. The van der Waals surface area contributed by atoms with Gasteiger partial charge >= 0.3 is 6.09 Å². The van der Waals surface area contributed by atoms with Gasteiger partial charge in [-0.15, -0.1) is 0 Å². The van der Waals surface area contributed by atoms with Gasteiger partial charge in [0, 0.05) is 45.8 Å². The quantitative estimate of drug-likeness (QED) is 0.604. The Hall–Kier alpha value is -2.97. The number of piperazine rings is 1. The van der Waals surface area contributed by atoms with E-state index in [9.17, 15) is 9.59 Å². The Morgan fingerprint density at radius 3 is 2.56 bits per heavy atom. The highest BCUT2D eigenvalue weighted by Crippen LogP contribution is 2.11. The number of amides is 2. The highest BCUT2D eigenvalue weighted by atomic mass is 16.7. The molecule has 0 saturated carbocycles. The fraction of sp³-hybridized carbons (Fsp3) is 0.562. The van der Waals surface area contributed by atoms with E-state index in [1.165, 1.54) is 17.5 Å². The Balaban J connectivity index is 1.72. The average Bonchev–Trinajstić information content (AvgIpc) is 2.65. The maximum absolute atomic E-state index is 12.3. The molecule has 2 heterocycles. The summed E-state index contributed by atoms with van der Waals surface area (Å²) in [4.78, 5) is 40.2. The molecule has 1 aromatic heterocycles. The number of aromatic nitrogens is 2. The highest BCUT2D eigenvalue weighted by Gasteiger charge is 2.23. The van der Waals surface area contributed by atoms with Crippen LogP contribution in [0.1, 0.15) is 12.5 Å². The largest absolute Gasteiger partial charge is 0.465 e. The molecule has 146 valence electrons. The second-order valence-corrected chi connectivity index (χ2v) is 6.19. The Morgan fingerprint density at radius 2 is 2.00 bits per heavy atom. The van der Waals surface area contributed by atoms with Gasteiger partial charge in [0.1, 0.15) is 12.7 Å². The van der Waals surface area contributed by atoms with Crippen LogP contribution in [0.2, 0.25) is 0 Å². The van der Waals surface area contributed by atoms with Gasteiger partial charge in [-0.2, -0.15) is 10.3 Å². The van der Waals surface area contributed by atoms with Gasteiger partial charge in [-0.25, -0.2) is 14.8 Å². The summed E-state index contributed by atoms with van der Waals surface area (Å²) < 4.78 is 0. The van der Waals surface area contributed by atoms with E-state index in [0.29, 0.717) is 44.2 Å². The van der Waals surface area contributed by atoms with Gasteiger partial charge in [0.05, 0.1) is 18.0 Å². The lowest BCUT2D eigenvalue weighted by Gasteiger charge is -2.34. The first-order chi connectivity index (χ1) is 12.9. The zero-order valence-electron chi connectivity index (χ0n) is 15.3. The van der Waals surface area contributed by atoms with Crippen molar-refractivity contribution >= 4 is 17.9 Å². The fourth-order valence-electron chi connectivity index (χ4n) is 2.65. The molecule has 0 radical (unpaired) electrons. The van der Waals surface area contributed by atoms with Gasteiger partial charge < -0.3 is 20.2 Å². The van der Waals surface area contributed by atoms with Crippen LogP contribution in [0, 0.1) is 11.3 Å². The summed E-state index contributed by atoms with van der Waals surface area (Å²) in [5, 5.41) is 21.2. The van der Waals surface area contributed by atoms with E-state index in [0.717, 1.165) is 0 Å². The van der Waals surface area contributed by atoms with Crippen molar-refractivity contribution < 1.29 is 19.5 Å². The smallest absolute Gasteiger partial charge is 0.404 e. The number of nitriles is 1. The van der Waals surface area contributed by atoms with Crippen molar-refractivity contribution in [1.82, 2.24) is 25.2 Å². The summed E-state index contributed by atoms with van der Waals surface area (Å²) in [7, 11) is 1.65. The SMILES string of the molecule is C[C@@H](CN(C)OCC(=O)N1CCN(c2ncc(C#N)cn2)CC1)NC(=O)O. The minimum atomic E-state index is -1.10. The lowest BCUT2D eigenvalue weighted by molar-refractivity contribution is -0.168. The fourth-order valence-corrected chi connectivity index (χ4v) is 2.65. The van der Waals surface area contributed by atoms with Crippen molar-refractivity contribution in [2.45, 2.75) is 13.0 Å². The third-order valence-corrected chi connectivity index (χ3v) is 3.99. The van der Waals surface area contributed by atoms with Gasteiger partial charge in [-0.05, 0) is 6.92 Å². The number of likely N-dealkylation sites (N-methyl/N-ethyl adjacent to an activating group) is 1. The predicted molar refractivity (Wildman–Crippen MR) is 94.7 cm³/mol. The molecule has 2 N–H and O–H groups in total. The standard InChI is InChI=1S/C16H23N7O4/c1-12(20-16(25)26)10-21(2)27-11-14(24)22-3-5-23(6-4-22)15-18-8-13(7-17)9-19-15/h8-9,12,20H,3-6,10-11H2,1-2H3,(H,25,26)/t12-/m0/s1. The summed E-state index contributed by atoms with van der Waals surface area (Å²) in [6, 6.07) is 1.66. The van der Waals surface area contributed by atoms with Gasteiger partial charge in [-0.1, -0.05) is 0 Å². The van der Waals surface area contributed by atoms with Crippen molar-refractivity contribution in [2.75, 3.05) is 51.3 Å². The summed E-state index contributed by atoms with van der Waals surface area (Å²) >= 11 is 0. The molecule has 27 heavy (non-hydrogen) atoms. The number of carbonyl (C=O) groups excluding carboxylic acids is 1. The molecule has 1 fully saturated rings. The number of carboxylic acid groups (broad SMARTS) is 1. The average molecular weight is 377 g/mol. The molecule has 1 aromatic rings. The molecule has 0 bridgehead atoms. The van der Waals surface area contributed by atoms with Gasteiger partial charge in [-0.3, -0.25) is 9.63 Å². The Bertz CT molecular complexity index is 683. The number of nitrogens with one attached hydrogen (secondary N) is 1. The maximum atomic E-state index is 12.3. The predicted octanol–water partition coefficient (Wildman–Crippen LogP) is -0.484. The van der Waals surface area contributed by atoms with E-state index < -0.39 is 6.09 Å². The van der Waals surface area contributed by atoms with Crippen LogP contribution in [-0.4, -0.2) is 89.5 Å². The van der Waals surface area contributed by atoms with Crippen molar-refractivity contribution in [2.24, 2.45) is 0 Å². The molecule has 2 rings (SSSR count). The third-order valence-electron chi connectivity index (χ3n) is 3.99. The monoisotopic (exact) mass is 377 g/mol. The Morgan fingerprint density at radius 1 is 1.37 bits per heavy atom. The first-order valence-electron chi connectivity index (χ1n) is 8.47.